The third kappa shape index (κ3) is 5.76. The van der Waals surface area contributed by atoms with E-state index in [0.717, 1.165) is 23.9 Å². The number of amides is 1. The number of alkyl halides is 4. The maximum absolute atomic E-state index is 12.5. The number of ether oxygens (including phenoxy) is 2. The third-order valence-electron chi connectivity index (χ3n) is 3.11. The van der Waals surface area contributed by atoms with Crippen molar-refractivity contribution in [1.82, 2.24) is 5.43 Å². The van der Waals surface area contributed by atoms with E-state index in [-0.39, 0.29) is 11.3 Å². The van der Waals surface area contributed by atoms with E-state index in [0.29, 0.717) is 5.56 Å². The Hall–Kier alpha value is -3.10. The lowest BCUT2D eigenvalue weighted by Gasteiger charge is -2.10. The van der Waals surface area contributed by atoms with E-state index in [1.165, 1.54) is 6.07 Å². The van der Waals surface area contributed by atoms with Crippen LogP contribution >= 0.6 is 0 Å². The highest BCUT2D eigenvalue weighted by Crippen LogP contribution is 2.26. The second-order valence-electron chi connectivity index (χ2n) is 5.02. The summed E-state index contributed by atoms with van der Waals surface area (Å²) in [5.74, 6) is -1.28. The average molecular weight is 370 g/mol. The quantitative estimate of drug-likeness (QED) is 0.456. The molecule has 0 aliphatic rings. The first kappa shape index (κ1) is 19.2. The number of hydrogen-bond donors (Lipinski definition) is 1. The van der Waals surface area contributed by atoms with Crippen LogP contribution in [0.4, 0.5) is 17.6 Å². The fraction of sp³-hybridized carbons (Fsp3) is 0.176. The van der Waals surface area contributed by atoms with Gasteiger partial charge in [0.25, 0.3) is 5.91 Å². The predicted molar refractivity (Wildman–Crippen MR) is 85.9 cm³/mol. The Kier molecular flexibility index (Phi) is 6.54. The van der Waals surface area contributed by atoms with E-state index in [4.69, 9.17) is 0 Å². The van der Waals surface area contributed by atoms with Crippen molar-refractivity contribution in [2.75, 3.05) is 0 Å². The largest absolute Gasteiger partial charge is 0.435 e. The lowest BCUT2D eigenvalue weighted by molar-refractivity contribution is -0.0543. The van der Waals surface area contributed by atoms with Crippen LogP contribution in [0.15, 0.2) is 47.6 Å². The number of halogens is 4. The second kappa shape index (κ2) is 8.84. The van der Waals surface area contributed by atoms with Gasteiger partial charge in [-0.25, -0.2) is 5.43 Å². The molecule has 26 heavy (non-hydrogen) atoms. The zero-order valence-corrected chi connectivity index (χ0v) is 13.5. The zero-order valence-electron chi connectivity index (χ0n) is 13.5. The summed E-state index contributed by atoms with van der Waals surface area (Å²) in [6.45, 7) is -4.42. The van der Waals surface area contributed by atoms with Gasteiger partial charge in [0.1, 0.15) is 11.5 Å². The standard InChI is InChI=1S/C17H14F4N2O3/c1-10-2-4-11(5-3-10)15(24)23-22-9-12-6-7-13(25-16(18)19)8-14(12)26-17(20)21/h2-9,16-17H,1H3,(H,23,24)/b22-9-. The highest BCUT2D eigenvalue weighted by atomic mass is 19.3. The van der Waals surface area contributed by atoms with Gasteiger partial charge in [0.2, 0.25) is 0 Å². The van der Waals surface area contributed by atoms with Gasteiger partial charge in [-0.05, 0) is 31.2 Å². The molecule has 0 atom stereocenters. The number of carbonyl (C=O) groups is 1. The van der Waals surface area contributed by atoms with Crippen LogP contribution in [-0.4, -0.2) is 25.3 Å². The number of nitrogens with one attached hydrogen (secondary N) is 1. The van der Waals surface area contributed by atoms with Crippen LogP contribution < -0.4 is 14.9 Å². The lowest BCUT2D eigenvalue weighted by atomic mass is 10.1. The van der Waals surface area contributed by atoms with Crippen molar-refractivity contribution in [3.8, 4) is 11.5 Å². The molecule has 1 amide bonds. The van der Waals surface area contributed by atoms with Crippen molar-refractivity contribution >= 4 is 12.1 Å². The summed E-state index contributed by atoms with van der Waals surface area (Å²) in [7, 11) is 0. The summed E-state index contributed by atoms with van der Waals surface area (Å²) >= 11 is 0. The van der Waals surface area contributed by atoms with Gasteiger partial charge >= 0.3 is 13.2 Å². The van der Waals surface area contributed by atoms with Crippen LogP contribution in [0, 0.1) is 6.92 Å². The number of carbonyl (C=O) groups excluding carboxylic acids is 1. The van der Waals surface area contributed by atoms with Gasteiger partial charge in [0.05, 0.1) is 6.21 Å². The molecule has 0 heterocycles. The first-order valence-electron chi connectivity index (χ1n) is 7.29. The van der Waals surface area contributed by atoms with Crippen LogP contribution in [0.2, 0.25) is 0 Å². The molecule has 0 fully saturated rings. The van der Waals surface area contributed by atoms with Crippen molar-refractivity contribution in [2.45, 2.75) is 20.1 Å². The lowest BCUT2D eigenvalue weighted by Crippen LogP contribution is -2.17. The summed E-state index contributed by atoms with van der Waals surface area (Å²) in [6.07, 6.45) is 1.05. The Bertz CT molecular complexity index is 780. The normalized spacial score (nSPS) is 11.2. The molecule has 0 aromatic heterocycles. The van der Waals surface area contributed by atoms with E-state index >= 15 is 0 Å². The molecule has 0 saturated carbocycles. The summed E-state index contributed by atoms with van der Waals surface area (Å²) < 4.78 is 57.8. The number of aryl methyl sites for hydroxylation is 1. The molecule has 138 valence electrons. The molecular weight excluding hydrogens is 356 g/mol. The Labute approximate surface area is 146 Å². The molecule has 5 nitrogen and oxygen atoms in total. The van der Waals surface area contributed by atoms with Gasteiger partial charge in [-0.15, -0.1) is 0 Å². The Morgan fingerprint density at radius 3 is 2.31 bits per heavy atom. The molecule has 0 aliphatic carbocycles. The third-order valence-corrected chi connectivity index (χ3v) is 3.11. The molecule has 0 spiro atoms. The van der Waals surface area contributed by atoms with Crippen LogP contribution in [-0.2, 0) is 0 Å². The zero-order chi connectivity index (χ0) is 19.1. The van der Waals surface area contributed by atoms with Crippen LogP contribution in [0.3, 0.4) is 0 Å². The molecule has 0 saturated heterocycles. The fourth-order valence-corrected chi connectivity index (χ4v) is 1.93. The predicted octanol–water partition coefficient (Wildman–Crippen LogP) is 3.96. The molecule has 0 unspecified atom stereocenters. The number of benzene rings is 2. The highest BCUT2D eigenvalue weighted by molar-refractivity contribution is 5.95. The maximum atomic E-state index is 12.5. The molecule has 0 aliphatic heterocycles. The molecule has 0 bridgehead atoms. The van der Waals surface area contributed by atoms with Crippen molar-refractivity contribution in [1.29, 1.82) is 0 Å². The minimum Gasteiger partial charge on any atom is -0.435 e. The maximum Gasteiger partial charge on any atom is 0.387 e. The Balaban J connectivity index is 2.12. The van der Waals surface area contributed by atoms with E-state index in [2.05, 4.69) is 20.0 Å². The summed E-state index contributed by atoms with van der Waals surface area (Å²) in [6, 6.07) is 9.89. The van der Waals surface area contributed by atoms with Gasteiger partial charge in [-0.3, -0.25) is 4.79 Å². The van der Waals surface area contributed by atoms with Gasteiger partial charge in [-0.1, -0.05) is 17.7 Å². The summed E-state index contributed by atoms with van der Waals surface area (Å²) in [5, 5.41) is 3.66. The molecule has 0 radical (unpaired) electrons. The number of hydrogen-bond acceptors (Lipinski definition) is 4. The van der Waals surface area contributed by atoms with E-state index in [1.807, 2.05) is 6.92 Å². The van der Waals surface area contributed by atoms with Crippen molar-refractivity contribution in [3.63, 3.8) is 0 Å². The smallest absolute Gasteiger partial charge is 0.387 e. The van der Waals surface area contributed by atoms with Crippen molar-refractivity contribution in [2.24, 2.45) is 5.10 Å². The highest BCUT2D eigenvalue weighted by Gasteiger charge is 2.12. The molecule has 2 rings (SSSR count). The molecule has 9 heteroatoms. The number of rotatable bonds is 7. The van der Waals surface area contributed by atoms with Crippen LogP contribution in [0.1, 0.15) is 21.5 Å². The fourth-order valence-electron chi connectivity index (χ4n) is 1.93. The summed E-state index contributed by atoms with van der Waals surface area (Å²) in [4.78, 5) is 11.9. The topological polar surface area (TPSA) is 59.9 Å². The van der Waals surface area contributed by atoms with Gasteiger partial charge in [-0.2, -0.15) is 22.7 Å². The molecular formula is C17H14F4N2O3. The van der Waals surface area contributed by atoms with Crippen LogP contribution in [0.5, 0.6) is 11.5 Å². The number of nitrogens with zero attached hydrogens (tertiary/aromatic N) is 1. The van der Waals surface area contributed by atoms with Gasteiger partial charge < -0.3 is 9.47 Å². The number of hydrazone groups is 1. The SMILES string of the molecule is Cc1ccc(C(=O)N/N=C\c2ccc(OC(F)F)cc2OC(F)F)cc1. The van der Waals surface area contributed by atoms with Crippen LogP contribution in [0.25, 0.3) is 0 Å². The van der Waals surface area contributed by atoms with E-state index in [1.54, 1.807) is 24.3 Å². The second-order valence-corrected chi connectivity index (χ2v) is 5.02. The molecule has 2 aromatic rings. The monoisotopic (exact) mass is 370 g/mol. The summed E-state index contributed by atoms with van der Waals surface area (Å²) in [5.41, 5.74) is 3.60. The van der Waals surface area contributed by atoms with E-state index in [9.17, 15) is 22.4 Å². The Morgan fingerprint density at radius 2 is 1.69 bits per heavy atom. The first-order chi connectivity index (χ1) is 12.3. The minimum atomic E-state index is -3.17. The van der Waals surface area contributed by atoms with Crippen molar-refractivity contribution < 1.29 is 31.8 Å². The van der Waals surface area contributed by atoms with Crippen molar-refractivity contribution in [3.05, 3.63) is 59.2 Å². The average Bonchev–Trinajstić information content (AvgIpc) is 2.56. The first-order valence-corrected chi connectivity index (χ1v) is 7.29. The Morgan fingerprint density at radius 1 is 1.04 bits per heavy atom. The minimum absolute atomic E-state index is 0.0381. The van der Waals surface area contributed by atoms with Gasteiger partial charge in [0.15, 0.2) is 0 Å². The van der Waals surface area contributed by atoms with Gasteiger partial charge in [0, 0.05) is 17.2 Å². The molecule has 2 aromatic carbocycles. The molecule has 1 N–H and O–H groups in total. The van der Waals surface area contributed by atoms with E-state index < -0.39 is 24.9 Å².